The number of aromatic nitrogens is 1. The number of ether oxygens (including phenoxy) is 1. The van der Waals surface area contributed by atoms with Crippen molar-refractivity contribution >= 4 is 10.9 Å². The first-order valence-electron chi connectivity index (χ1n) is 10.2. The normalized spacial score (nSPS) is 16.4. The number of benzene rings is 2. The van der Waals surface area contributed by atoms with Crippen LogP contribution in [0.25, 0.3) is 10.9 Å². The van der Waals surface area contributed by atoms with Crippen LogP contribution in [0, 0.1) is 0 Å². The Hall–Kier alpha value is -2.26. The molecule has 0 unspecified atom stereocenters. The third kappa shape index (κ3) is 3.31. The van der Waals surface area contributed by atoms with Crippen molar-refractivity contribution in [1.82, 2.24) is 9.88 Å². The molecule has 0 spiro atoms. The zero-order chi connectivity index (χ0) is 20.4. The molecule has 0 aliphatic rings. The van der Waals surface area contributed by atoms with E-state index in [-0.39, 0.29) is 13.0 Å². The van der Waals surface area contributed by atoms with Gasteiger partial charge in [0.2, 0.25) is 0 Å². The van der Waals surface area contributed by atoms with Gasteiger partial charge in [0, 0.05) is 31.9 Å². The van der Waals surface area contributed by atoms with Crippen LogP contribution in [0.1, 0.15) is 19.4 Å². The van der Waals surface area contributed by atoms with Crippen molar-refractivity contribution in [3.63, 3.8) is 0 Å². The third-order valence-electron chi connectivity index (χ3n) is 3.59. The Morgan fingerprint density at radius 1 is 1.09 bits per heavy atom. The second-order valence-corrected chi connectivity index (χ2v) is 5.17. The maximum Gasteiger partial charge on any atom is 0.129 e. The van der Waals surface area contributed by atoms with E-state index in [1.54, 1.807) is 6.20 Å². The highest BCUT2D eigenvalue weighted by Crippen LogP contribution is 2.29. The van der Waals surface area contributed by atoms with Gasteiger partial charge in [0.05, 0.1) is 0 Å². The number of rotatable bonds is 6. The zero-order valence-electron chi connectivity index (χ0n) is 18.2. The average molecular weight is 300 g/mol. The van der Waals surface area contributed by atoms with Crippen molar-refractivity contribution in [3.05, 3.63) is 65.9 Å². The fourth-order valence-corrected chi connectivity index (χ4v) is 2.50. The average Bonchev–Trinajstić information content (AvgIpc) is 3.02. The van der Waals surface area contributed by atoms with Crippen LogP contribution in [0.5, 0.6) is 5.75 Å². The van der Waals surface area contributed by atoms with Crippen LogP contribution in [0.2, 0.25) is 0 Å². The smallest absolute Gasteiger partial charge is 0.129 e. The summed E-state index contributed by atoms with van der Waals surface area (Å²) in [4.78, 5) is 3.72. The van der Waals surface area contributed by atoms with Crippen LogP contribution in [0.15, 0.2) is 54.7 Å². The third-order valence-corrected chi connectivity index (χ3v) is 3.59. The van der Waals surface area contributed by atoms with E-state index in [0.29, 0.717) is 17.3 Å². The van der Waals surface area contributed by atoms with Crippen molar-refractivity contribution in [3.8, 4) is 5.75 Å². The van der Waals surface area contributed by atoms with Gasteiger partial charge in [-0.15, -0.1) is 0 Å². The predicted octanol–water partition coefficient (Wildman–Crippen LogP) is 3.85. The van der Waals surface area contributed by atoms with Crippen molar-refractivity contribution in [2.45, 2.75) is 13.0 Å². The lowest BCUT2D eigenvalue weighted by atomic mass is 10.1. The maximum atomic E-state index is 7.51. The lowest BCUT2D eigenvalue weighted by Gasteiger charge is -2.11. The van der Waals surface area contributed by atoms with Gasteiger partial charge in [-0.05, 0) is 43.6 Å². The molecule has 0 bridgehead atoms. The Morgan fingerprint density at radius 3 is 2.77 bits per heavy atom. The Morgan fingerprint density at radius 2 is 1.95 bits per heavy atom. The Balaban J connectivity index is 1.82. The number of H-pyrrole nitrogens is 1. The fourth-order valence-electron chi connectivity index (χ4n) is 2.50. The van der Waals surface area contributed by atoms with E-state index in [0.717, 1.165) is 22.0 Å². The van der Waals surface area contributed by atoms with E-state index in [1.807, 2.05) is 48.5 Å². The molecule has 2 aromatic carbocycles. The van der Waals surface area contributed by atoms with Crippen LogP contribution in [-0.4, -0.2) is 30.4 Å². The lowest BCUT2D eigenvalue weighted by molar-refractivity contribution is 0.310. The Bertz CT molecular complexity index is 904. The number of nitrogens with one attached hydrogen (secondary N) is 1. The van der Waals surface area contributed by atoms with Crippen LogP contribution in [-0.2, 0) is 13.0 Å². The molecule has 3 heteroatoms. The summed E-state index contributed by atoms with van der Waals surface area (Å²) < 4.78 is 51.0. The zero-order valence-corrected chi connectivity index (χ0v) is 12.2. The van der Waals surface area contributed by atoms with Crippen molar-refractivity contribution in [1.29, 1.82) is 0 Å². The van der Waals surface area contributed by atoms with Gasteiger partial charge in [0.25, 0.3) is 0 Å². The molecule has 1 heterocycles. The maximum absolute atomic E-state index is 7.51. The molecule has 3 nitrogen and oxygen atoms in total. The largest absolute Gasteiger partial charge is 0.488 e. The van der Waals surface area contributed by atoms with E-state index in [2.05, 4.69) is 4.98 Å². The molecule has 0 saturated heterocycles. The molecule has 1 N–H and O–H groups in total. The van der Waals surface area contributed by atoms with Gasteiger partial charge in [-0.1, -0.05) is 36.4 Å². The van der Waals surface area contributed by atoms with Gasteiger partial charge < -0.3 is 14.6 Å². The Kier molecular flexibility index (Phi) is 2.73. The summed E-state index contributed by atoms with van der Waals surface area (Å²) in [5, 5.41) is 0.842. The van der Waals surface area contributed by atoms with Gasteiger partial charge in [-0.2, -0.15) is 0 Å². The van der Waals surface area contributed by atoms with Crippen LogP contribution in [0.3, 0.4) is 0 Å². The lowest BCUT2D eigenvalue weighted by Crippen LogP contribution is -2.14. The van der Waals surface area contributed by atoms with Crippen LogP contribution in [0.4, 0.5) is 0 Å². The minimum absolute atomic E-state index is 0.118. The minimum atomic E-state index is -2.69. The summed E-state index contributed by atoms with van der Waals surface area (Å²) in [6.07, 6.45) is 2.04. The summed E-state index contributed by atoms with van der Waals surface area (Å²) in [6, 6.07) is 15.4. The summed E-state index contributed by atoms with van der Waals surface area (Å²) in [6.45, 7) is -5.10. The summed E-state index contributed by atoms with van der Waals surface area (Å²) in [7, 11) is 0. The van der Waals surface area contributed by atoms with Crippen molar-refractivity contribution < 1.29 is 13.0 Å². The van der Waals surface area contributed by atoms with E-state index < -0.39 is 14.0 Å². The molecule has 22 heavy (non-hydrogen) atoms. The summed E-state index contributed by atoms with van der Waals surface area (Å²) in [5.41, 5.74) is 2.71. The quantitative estimate of drug-likeness (QED) is 0.749. The first-order chi connectivity index (χ1) is 13.2. The number of nitrogens with zero attached hydrogens (tertiary/aromatic N) is 1. The highest BCUT2D eigenvalue weighted by Gasteiger charge is 2.10. The van der Waals surface area contributed by atoms with Crippen LogP contribution < -0.4 is 4.74 Å². The predicted molar refractivity (Wildman–Crippen MR) is 91.3 cm³/mol. The number of fused-ring (bicyclic) bond motifs is 1. The number of likely N-dealkylation sites (N-methyl/N-ethyl adjacent to an activating group) is 1. The van der Waals surface area contributed by atoms with Gasteiger partial charge in [0.15, 0.2) is 0 Å². The standard InChI is InChI=1S/C19H22N2O/c1-21(2)12-11-16-13-20-17-9-6-10-18(19(16)17)22-14-15-7-4-3-5-8-15/h3-10,13,20H,11-12,14H2,1-2H3/i1D3,2D3. The summed E-state index contributed by atoms with van der Waals surface area (Å²) >= 11 is 0. The topological polar surface area (TPSA) is 28.3 Å². The molecule has 3 aromatic rings. The van der Waals surface area contributed by atoms with Crippen molar-refractivity contribution in [2.75, 3.05) is 20.5 Å². The van der Waals surface area contributed by atoms with Crippen molar-refractivity contribution in [2.24, 2.45) is 0 Å². The molecule has 0 amide bonds. The van der Waals surface area contributed by atoms with Gasteiger partial charge >= 0.3 is 0 Å². The fraction of sp³-hybridized carbons (Fsp3) is 0.263. The number of hydrogen-bond donors (Lipinski definition) is 1. The van der Waals surface area contributed by atoms with Gasteiger partial charge in [-0.3, -0.25) is 0 Å². The van der Waals surface area contributed by atoms with E-state index in [1.165, 1.54) is 0 Å². The van der Waals surface area contributed by atoms with E-state index >= 15 is 0 Å². The van der Waals surface area contributed by atoms with Gasteiger partial charge in [-0.25, -0.2) is 0 Å². The molecule has 114 valence electrons. The molecule has 3 rings (SSSR count). The van der Waals surface area contributed by atoms with E-state index in [4.69, 9.17) is 13.0 Å². The minimum Gasteiger partial charge on any atom is -0.488 e. The summed E-state index contributed by atoms with van der Waals surface area (Å²) in [5.74, 6) is 0.673. The highest BCUT2D eigenvalue weighted by atomic mass is 16.5. The molecule has 0 atom stereocenters. The SMILES string of the molecule is [2H]C([2H])([2H])N(CCc1c[nH]c2cccc(OCc3ccccc3)c12)C([2H])([2H])[2H]. The first-order valence-corrected chi connectivity index (χ1v) is 7.20. The second-order valence-electron chi connectivity index (χ2n) is 5.17. The first kappa shape index (κ1) is 9.01. The molecule has 0 aliphatic heterocycles. The van der Waals surface area contributed by atoms with Gasteiger partial charge in [0.1, 0.15) is 12.4 Å². The monoisotopic (exact) mass is 300 g/mol. The molecule has 0 fully saturated rings. The molecule has 0 aliphatic carbocycles. The molecular weight excluding hydrogens is 272 g/mol. The second kappa shape index (κ2) is 6.67. The van der Waals surface area contributed by atoms with E-state index in [9.17, 15) is 0 Å². The molecule has 0 radical (unpaired) electrons. The number of hydrogen-bond acceptors (Lipinski definition) is 2. The highest BCUT2D eigenvalue weighted by molar-refractivity contribution is 5.89. The molecule has 0 saturated carbocycles. The van der Waals surface area contributed by atoms with Crippen LogP contribution >= 0.6 is 0 Å². The molecular formula is C19H22N2O. The Labute approximate surface area is 140 Å². The molecule has 1 aromatic heterocycles. The number of aromatic amines is 1.